The van der Waals surface area contributed by atoms with Gasteiger partial charge in [0.1, 0.15) is 0 Å². The molecule has 2 aliphatic rings. The average Bonchev–Trinajstić information content (AvgIpc) is 2.85. The molecule has 3 atom stereocenters. The van der Waals surface area contributed by atoms with Crippen molar-refractivity contribution in [1.82, 2.24) is 0 Å². The van der Waals surface area contributed by atoms with Crippen molar-refractivity contribution in [2.24, 2.45) is 11.8 Å². The molecule has 0 aliphatic carbocycles. The van der Waals surface area contributed by atoms with E-state index >= 15 is 0 Å². The van der Waals surface area contributed by atoms with Gasteiger partial charge in [0, 0.05) is 10.5 Å². The first-order valence-corrected chi connectivity index (χ1v) is 7.11. The van der Waals surface area contributed by atoms with Gasteiger partial charge in [-0.25, -0.2) is 0 Å². The van der Waals surface area contributed by atoms with Gasteiger partial charge in [0.15, 0.2) is 0 Å². The molecule has 16 heavy (non-hydrogen) atoms. The summed E-state index contributed by atoms with van der Waals surface area (Å²) in [4.78, 5) is 11.8. The van der Waals surface area contributed by atoms with Crippen LogP contribution in [0.5, 0.6) is 0 Å². The number of thioether (sulfide) groups is 1. The van der Waals surface area contributed by atoms with Crippen molar-refractivity contribution in [3.63, 3.8) is 0 Å². The number of carbonyl (C=O) groups is 1. The Morgan fingerprint density at radius 2 is 2.31 bits per heavy atom. The maximum atomic E-state index is 11.8. The van der Waals surface area contributed by atoms with Crippen LogP contribution in [0, 0.1) is 11.8 Å². The van der Waals surface area contributed by atoms with Crippen LogP contribution in [0.1, 0.15) is 33.1 Å². The molecule has 0 amide bonds. The van der Waals surface area contributed by atoms with Gasteiger partial charge in [-0.2, -0.15) is 0 Å². The quantitative estimate of drug-likeness (QED) is 0.420. The minimum atomic E-state index is 0.0214. The molecular weight excluding hydrogens is 220 g/mol. The number of ether oxygens (including phenoxy) is 1. The van der Waals surface area contributed by atoms with Crippen molar-refractivity contribution in [3.8, 4) is 0 Å². The lowest BCUT2D eigenvalue weighted by Gasteiger charge is -2.15. The van der Waals surface area contributed by atoms with Crippen molar-refractivity contribution in [2.75, 3.05) is 6.61 Å². The average molecular weight is 240 g/mol. The van der Waals surface area contributed by atoms with Crippen molar-refractivity contribution >= 4 is 17.7 Å². The number of hydrogen-bond acceptors (Lipinski definition) is 3. The third kappa shape index (κ3) is 2.82. The molecule has 0 aromatic heterocycles. The van der Waals surface area contributed by atoms with Gasteiger partial charge < -0.3 is 4.74 Å². The Labute approximate surface area is 102 Å². The molecule has 0 saturated carbocycles. The molecule has 0 N–H and O–H groups in total. The lowest BCUT2D eigenvalue weighted by atomic mass is 9.95. The van der Waals surface area contributed by atoms with Gasteiger partial charge in [-0.05, 0) is 25.2 Å². The molecule has 2 heterocycles. The first kappa shape index (κ1) is 12.0. The highest BCUT2D eigenvalue weighted by Crippen LogP contribution is 2.45. The van der Waals surface area contributed by atoms with Crippen LogP contribution in [0.3, 0.4) is 0 Å². The summed E-state index contributed by atoms with van der Waals surface area (Å²) in [7, 11) is 0. The Morgan fingerprint density at radius 1 is 1.50 bits per heavy atom. The summed E-state index contributed by atoms with van der Waals surface area (Å²) < 4.78 is 5.34. The van der Waals surface area contributed by atoms with E-state index in [2.05, 4.69) is 26.0 Å². The van der Waals surface area contributed by atoms with Crippen LogP contribution in [0.15, 0.2) is 12.2 Å². The van der Waals surface area contributed by atoms with E-state index in [9.17, 15) is 4.79 Å². The molecule has 0 radical (unpaired) electrons. The Morgan fingerprint density at radius 3 is 2.88 bits per heavy atom. The standard InChI is InChI=1S/C13H20O2S/c1-9(2)4-3-7-15-13(14)11-8-10-5-6-12(11)16-10/h5-6,9-12H,3-4,7-8H2,1-2H3. The fourth-order valence-electron chi connectivity index (χ4n) is 2.28. The molecule has 1 saturated heterocycles. The van der Waals surface area contributed by atoms with Crippen LogP contribution in [-0.4, -0.2) is 23.1 Å². The lowest BCUT2D eigenvalue weighted by molar-refractivity contribution is -0.148. The predicted molar refractivity (Wildman–Crippen MR) is 67.4 cm³/mol. The molecule has 90 valence electrons. The molecule has 0 spiro atoms. The number of hydrogen-bond donors (Lipinski definition) is 0. The Balaban J connectivity index is 1.67. The van der Waals surface area contributed by atoms with Crippen LogP contribution in [0.25, 0.3) is 0 Å². The zero-order valence-corrected chi connectivity index (χ0v) is 10.8. The van der Waals surface area contributed by atoms with Crippen LogP contribution in [0.2, 0.25) is 0 Å². The lowest BCUT2D eigenvalue weighted by Crippen LogP contribution is -2.24. The van der Waals surface area contributed by atoms with Crippen molar-refractivity contribution in [1.29, 1.82) is 0 Å². The minimum absolute atomic E-state index is 0.0214. The van der Waals surface area contributed by atoms with Gasteiger partial charge in [-0.15, -0.1) is 11.8 Å². The van der Waals surface area contributed by atoms with Gasteiger partial charge >= 0.3 is 5.97 Å². The minimum Gasteiger partial charge on any atom is -0.465 e. The molecule has 0 aromatic rings. The molecule has 2 rings (SSSR count). The SMILES string of the molecule is CC(C)CCCOC(=O)C1CC2C=CC1S2. The van der Waals surface area contributed by atoms with Crippen LogP contribution in [0.4, 0.5) is 0 Å². The van der Waals surface area contributed by atoms with Crippen molar-refractivity contribution in [2.45, 2.75) is 43.6 Å². The summed E-state index contributed by atoms with van der Waals surface area (Å²) in [5, 5.41) is 0.959. The van der Waals surface area contributed by atoms with E-state index < -0.39 is 0 Å². The number of esters is 1. The molecule has 0 aromatic carbocycles. The smallest absolute Gasteiger partial charge is 0.310 e. The zero-order chi connectivity index (χ0) is 11.5. The number of fused-ring (bicyclic) bond motifs is 2. The fourth-order valence-corrected chi connectivity index (χ4v) is 3.77. The Hall–Kier alpha value is -0.440. The van der Waals surface area contributed by atoms with Gasteiger partial charge in [0.25, 0.3) is 0 Å². The Kier molecular flexibility index (Phi) is 3.95. The van der Waals surface area contributed by atoms with E-state index in [-0.39, 0.29) is 11.9 Å². The molecule has 2 nitrogen and oxygen atoms in total. The summed E-state index contributed by atoms with van der Waals surface area (Å²) in [5.74, 6) is 0.840. The molecular formula is C13H20O2S. The van der Waals surface area contributed by atoms with Gasteiger partial charge in [0.2, 0.25) is 0 Å². The van der Waals surface area contributed by atoms with Crippen LogP contribution < -0.4 is 0 Å². The van der Waals surface area contributed by atoms with E-state index in [0.29, 0.717) is 23.0 Å². The highest BCUT2D eigenvalue weighted by atomic mass is 32.2. The first-order chi connectivity index (χ1) is 7.66. The largest absolute Gasteiger partial charge is 0.465 e. The summed E-state index contributed by atoms with van der Waals surface area (Å²) in [5.41, 5.74) is 0. The first-order valence-electron chi connectivity index (χ1n) is 6.17. The highest BCUT2D eigenvalue weighted by molar-refractivity contribution is 8.01. The van der Waals surface area contributed by atoms with E-state index in [1.54, 1.807) is 0 Å². The maximum Gasteiger partial charge on any atom is 0.310 e. The fraction of sp³-hybridized carbons (Fsp3) is 0.769. The topological polar surface area (TPSA) is 26.3 Å². The number of rotatable bonds is 5. The number of carbonyl (C=O) groups excluding carboxylic acids is 1. The second kappa shape index (κ2) is 5.26. The summed E-state index contributed by atoms with van der Waals surface area (Å²) in [6.45, 7) is 4.98. The van der Waals surface area contributed by atoms with Gasteiger partial charge in [-0.3, -0.25) is 4.79 Å². The van der Waals surface area contributed by atoms with Crippen molar-refractivity contribution < 1.29 is 9.53 Å². The molecule has 3 unspecified atom stereocenters. The summed E-state index contributed by atoms with van der Waals surface area (Å²) in [6.07, 6.45) is 7.50. The van der Waals surface area contributed by atoms with E-state index in [0.717, 1.165) is 19.3 Å². The maximum absolute atomic E-state index is 11.8. The zero-order valence-electron chi connectivity index (χ0n) is 10.0. The van der Waals surface area contributed by atoms with Crippen LogP contribution >= 0.6 is 11.8 Å². The second-order valence-corrected chi connectivity index (χ2v) is 6.49. The molecule has 2 bridgehead atoms. The summed E-state index contributed by atoms with van der Waals surface area (Å²) in [6, 6.07) is 0. The third-order valence-electron chi connectivity index (χ3n) is 3.20. The van der Waals surface area contributed by atoms with Crippen molar-refractivity contribution in [3.05, 3.63) is 12.2 Å². The molecule has 3 heteroatoms. The molecule has 2 aliphatic heterocycles. The van der Waals surface area contributed by atoms with Gasteiger partial charge in [0.05, 0.1) is 12.5 Å². The predicted octanol–water partition coefficient (Wildman–Crippen LogP) is 3.03. The summed E-state index contributed by atoms with van der Waals surface area (Å²) >= 11 is 1.90. The van der Waals surface area contributed by atoms with E-state index in [1.165, 1.54) is 0 Å². The van der Waals surface area contributed by atoms with E-state index in [4.69, 9.17) is 4.74 Å². The van der Waals surface area contributed by atoms with E-state index in [1.807, 2.05) is 11.8 Å². The highest BCUT2D eigenvalue weighted by Gasteiger charge is 2.41. The third-order valence-corrected chi connectivity index (χ3v) is 4.70. The normalized spacial score (nSPS) is 31.3. The van der Waals surface area contributed by atoms with Gasteiger partial charge in [-0.1, -0.05) is 26.0 Å². The molecule has 1 fully saturated rings. The monoisotopic (exact) mass is 240 g/mol. The second-order valence-electron chi connectivity index (χ2n) is 5.07. The Bertz CT molecular complexity index is 286. The van der Waals surface area contributed by atoms with Crippen LogP contribution in [-0.2, 0) is 9.53 Å².